The van der Waals surface area contributed by atoms with E-state index in [1.54, 1.807) is 62.4 Å². The van der Waals surface area contributed by atoms with Crippen molar-refractivity contribution in [1.29, 1.82) is 0 Å². The van der Waals surface area contributed by atoms with Crippen molar-refractivity contribution in [3.8, 4) is 17.2 Å². The van der Waals surface area contributed by atoms with Gasteiger partial charge in [-0.2, -0.15) is 0 Å². The van der Waals surface area contributed by atoms with Crippen LogP contribution in [0.15, 0.2) is 84.4 Å². The van der Waals surface area contributed by atoms with Crippen molar-refractivity contribution < 1.29 is 33.7 Å². The monoisotopic (exact) mass is 598 g/mol. The molecule has 5 rings (SSSR count). The van der Waals surface area contributed by atoms with Crippen molar-refractivity contribution in [2.45, 2.75) is 33.2 Å². The molecule has 0 aliphatic carbocycles. The van der Waals surface area contributed by atoms with E-state index in [4.69, 9.17) is 14.2 Å². The second-order valence-electron chi connectivity index (χ2n) is 9.66. The molecule has 1 saturated heterocycles. The molecule has 1 aliphatic heterocycles. The van der Waals surface area contributed by atoms with Crippen molar-refractivity contribution in [2.75, 3.05) is 18.1 Å². The molecule has 1 N–H and O–H groups in total. The molecule has 0 spiro atoms. The molecule has 43 heavy (non-hydrogen) atoms. The lowest BCUT2D eigenvalue weighted by Gasteiger charge is -2.23. The van der Waals surface area contributed by atoms with Crippen LogP contribution in [0.5, 0.6) is 17.2 Å². The van der Waals surface area contributed by atoms with Crippen LogP contribution in [0, 0.1) is 6.92 Å². The number of nitrogens with zero attached hydrogens (tertiary/aromatic N) is 2. The number of esters is 1. The molecule has 1 fully saturated rings. The van der Waals surface area contributed by atoms with E-state index in [1.807, 2.05) is 37.3 Å². The van der Waals surface area contributed by atoms with Gasteiger partial charge in [-0.25, -0.2) is 9.78 Å². The molecule has 4 aromatic rings. The number of para-hydroxylation sites is 1. The van der Waals surface area contributed by atoms with Crippen molar-refractivity contribution in [2.24, 2.45) is 0 Å². The van der Waals surface area contributed by atoms with Gasteiger partial charge in [0.15, 0.2) is 5.13 Å². The Morgan fingerprint density at radius 2 is 1.67 bits per heavy atom. The Morgan fingerprint density at radius 1 is 0.953 bits per heavy atom. The molecule has 0 bridgehead atoms. The van der Waals surface area contributed by atoms with Gasteiger partial charge in [-0.1, -0.05) is 48.6 Å². The molecule has 9 nitrogen and oxygen atoms in total. The Labute approximate surface area is 253 Å². The normalized spacial score (nSPS) is 15.9. The van der Waals surface area contributed by atoms with Gasteiger partial charge in [-0.15, -0.1) is 0 Å². The van der Waals surface area contributed by atoms with Gasteiger partial charge >= 0.3 is 11.9 Å². The number of benzene rings is 3. The summed E-state index contributed by atoms with van der Waals surface area (Å²) in [6.07, 6.45) is 0.840. The number of thiazole rings is 1. The third kappa shape index (κ3) is 6.14. The van der Waals surface area contributed by atoms with Gasteiger partial charge in [0.25, 0.3) is 5.78 Å². The van der Waals surface area contributed by atoms with Crippen LogP contribution in [0.3, 0.4) is 0 Å². The van der Waals surface area contributed by atoms with E-state index in [0.29, 0.717) is 40.7 Å². The number of amides is 1. The van der Waals surface area contributed by atoms with Crippen LogP contribution in [0.4, 0.5) is 5.13 Å². The smallest absolute Gasteiger partial charge is 0.350 e. The lowest BCUT2D eigenvalue weighted by Crippen LogP contribution is -2.29. The van der Waals surface area contributed by atoms with Crippen molar-refractivity contribution >= 4 is 39.9 Å². The highest BCUT2D eigenvalue weighted by Gasteiger charge is 2.48. The highest BCUT2D eigenvalue weighted by atomic mass is 32.1. The number of aromatic nitrogens is 1. The average Bonchev–Trinajstić information content (AvgIpc) is 3.53. The van der Waals surface area contributed by atoms with Crippen LogP contribution in [0.2, 0.25) is 0 Å². The molecule has 0 saturated carbocycles. The standard InChI is InChI=1S/C33H30N2O7S/c1-4-18-41-23-16-14-21(15-17-23)28(36)26-27(22-10-9-13-25(19-22)42-24-11-7-6-8-12-24)35(31(38)29(26)37)33-34-20(3)30(43-33)32(39)40-5-2/h6-17,19,27,36H,4-5,18H2,1-3H3/b28-26+. The second kappa shape index (κ2) is 12.9. The molecule has 10 heteroatoms. The summed E-state index contributed by atoms with van der Waals surface area (Å²) in [5.74, 6) is -0.989. The minimum atomic E-state index is -1.06. The maximum Gasteiger partial charge on any atom is 0.350 e. The number of anilines is 1. The number of Topliss-reactive ketones (excluding diaryl/α,β-unsaturated/α-hetero) is 1. The first-order chi connectivity index (χ1) is 20.8. The topological polar surface area (TPSA) is 115 Å². The van der Waals surface area contributed by atoms with Crippen molar-refractivity contribution in [3.63, 3.8) is 0 Å². The number of aliphatic hydroxyl groups excluding tert-OH is 1. The van der Waals surface area contributed by atoms with Crippen molar-refractivity contribution in [3.05, 3.63) is 106 Å². The predicted molar refractivity (Wildman–Crippen MR) is 163 cm³/mol. The zero-order valence-electron chi connectivity index (χ0n) is 23.9. The first-order valence-corrected chi connectivity index (χ1v) is 14.7. The lowest BCUT2D eigenvalue weighted by molar-refractivity contribution is -0.132. The van der Waals surface area contributed by atoms with E-state index in [9.17, 15) is 19.5 Å². The lowest BCUT2D eigenvalue weighted by atomic mass is 9.95. The van der Waals surface area contributed by atoms with Crippen LogP contribution in [0.1, 0.15) is 52.8 Å². The second-order valence-corrected chi connectivity index (χ2v) is 10.6. The predicted octanol–water partition coefficient (Wildman–Crippen LogP) is 6.84. The molecular formula is C33H30N2O7S. The van der Waals surface area contributed by atoms with E-state index in [2.05, 4.69) is 4.98 Å². The molecule has 1 aliphatic rings. The quantitative estimate of drug-likeness (QED) is 0.0914. The molecule has 1 atom stereocenters. The Morgan fingerprint density at radius 3 is 2.37 bits per heavy atom. The molecule has 1 amide bonds. The number of carbonyl (C=O) groups excluding carboxylic acids is 3. The summed E-state index contributed by atoms with van der Waals surface area (Å²) in [5.41, 5.74) is 1.09. The fourth-order valence-electron chi connectivity index (χ4n) is 4.67. The third-order valence-corrected chi connectivity index (χ3v) is 7.79. The number of aliphatic hydroxyl groups is 1. The van der Waals surface area contributed by atoms with Gasteiger partial charge in [0.05, 0.1) is 30.5 Å². The summed E-state index contributed by atoms with van der Waals surface area (Å²) in [6, 6.07) is 21.7. The number of hydrogen-bond acceptors (Lipinski definition) is 9. The zero-order chi connectivity index (χ0) is 30.5. The zero-order valence-corrected chi connectivity index (χ0v) is 24.7. The van der Waals surface area contributed by atoms with Crippen LogP contribution in [-0.2, 0) is 14.3 Å². The molecule has 2 heterocycles. The Hall–Kier alpha value is -4.96. The van der Waals surface area contributed by atoms with Gasteiger partial charge in [-0.3, -0.25) is 14.5 Å². The number of hydrogen-bond donors (Lipinski definition) is 1. The molecule has 0 radical (unpaired) electrons. The van der Waals surface area contributed by atoms with Gasteiger partial charge in [0.1, 0.15) is 27.9 Å². The fraction of sp³-hybridized carbons (Fsp3) is 0.212. The van der Waals surface area contributed by atoms with E-state index < -0.39 is 23.7 Å². The minimum absolute atomic E-state index is 0.116. The van der Waals surface area contributed by atoms with Crippen LogP contribution in [-0.4, -0.2) is 41.0 Å². The Balaban J connectivity index is 1.63. The van der Waals surface area contributed by atoms with Crippen LogP contribution >= 0.6 is 11.3 Å². The first kappa shape index (κ1) is 29.5. The molecular weight excluding hydrogens is 568 g/mol. The summed E-state index contributed by atoms with van der Waals surface area (Å²) < 4.78 is 16.8. The summed E-state index contributed by atoms with van der Waals surface area (Å²) in [4.78, 5) is 45.7. The van der Waals surface area contributed by atoms with E-state index >= 15 is 0 Å². The van der Waals surface area contributed by atoms with Gasteiger partial charge < -0.3 is 19.3 Å². The Bertz CT molecular complexity index is 1680. The molecule has 1 aromatic heterocycles. The van der Waals surface area contributed by atoms with Crippen LogP contribution < -0.4 is 14.4 Å². The highest BCUT2D eigenvalue weighted by molar-refractivity contribution is 7.17. The number of ketones is 1. The molecule has 1 unspecified atom stereocenters. The molecule has 3 aromatic carbocycles. The maximum absolute atomic E-state index is 13.6. The number of carbonyl (C=O) groups is 3. The summed E-state index contributed by atoms with van der Waals surface area (Å²) in [7, 11) is 0. The summed E-state index contributed by atoms with van der Waals surface area (Å²) in [5, 5.41) is 11.6. The Kier molecular flexibility index (Phi) is 8.87. The number of rotatable bonds is 10. The highest BCUT2D eigenvalue weighted by Crippen LogP contribution is 2.44. The van der Waals surface area contributed by atoms with E-state index in [0.717, 1.165) is 17.8 Å². The van der Waals surface area contributed by atoms with Crippen molar-refractivity contribution in [1.82, 2.24) is 4.98 Å². The maximum atomic E-state index is 13.6. The SMILES string of the molecule is CCCOc1ccc(/C(O)=C2\C(=O)C(=O)N(c3nc(C)c(C(=O)OCC)s3)C2c2cccc(Oc3ccccc3)c2)cc1. The average molecular weight is 599 g/mol. The molecule has 220 valence electrons. The minimum Gasteiger partial charge on any atom is -0.507 e. The number of aryl methyl sites for hydroxylation is 1. The van der Waals surface area contributed by atoms with Crippen LogP contribution in [0.25, 0.3) is 5.76 Å². The van der Waals surface area contributed by atoms with Gasteiger partial charge in [0.2, 0.25) is 0 Å². The van der Waals surface area contributed by atoms with E-state index in [-0.39, 0.29) is 27.9 Å². The number of ether oxygens (including phenoxy) is 3. The van der Waals surface area contributed by atoms with Gasteiger partial charge in [0, 0.05) is 5.56 Å². The van der Waals surface area contributed by atoms with Gasteiger partial charge in [-0.05, 0) is 74.4 Å². The third-order valence-electron chi connectivity index (χ3n) is 6.65. The summed E-state index contributed by atoms with van der Waals surface area (Å²) in [6.45, 7) is 6.04. The largest absolute Gasteiger partial charge is 0.507 e. The summed E-state index contributed by atoms with van der Waals surface area (Å²) >= 11 is 0.950. The fourth-order valence-corrected chi connectivity index (χ4v) is 5.66. The van der Waals surface area contributed by atoms with E-state index in [1.165, 1.54) is 4.90 Å². The first-order valence-electron chi connectivity index (χ1n) is 13.8.